The highest BCUT2D eigenvalue weighted by atomic mass is 35.5. The van der Waals surface area contributed by atoms with E-state index in [-0.39, 0.29) is 40.8 Å². The van der Waals surface area contributed by atoms with Crippen LogP contribution in [-0.4, -0.2) is 30.0 Å². The van der Waals surface area contributed by atoms with Crippen LogP contribution in [0.15, 0.2) is 55.6 Å². The van der Waals surface area contributed by atoms with Crippen molar-refractivity contribution in [2.24, 2.45) is 0 Å². The number of pyridine rings is 1. The van der Waals surface area contributed by atoms with E-state index >= 15 is 0 Å². The van der Waals surface area contributed by atoms with Crippen LogP contribution in [0.2, 0.25) is 5.02 Å². The minimum absolute atomic E-state index is 0.0472. The minimum atomic E-state index is -0.748. The van der Waals surface area contributed by atoms with Crippen molar-refractivity contribution in [2.45, 2.75) is 13.1 Å². The maximum atomic E-state index is 14.2. The summed E-state index contributed by atoms with van der Waals surface area (Å²) < 4.78 is 39.0. The highest BCUT2D eigenvalue weighted by Crippen LogP contribution is 2.35. The second kappa shape index (κ2) is 9.78. The molecule has 1 aliphatic heterocycles. The number of carbonyl (C=O) groups is 1. The number of ether oxygens (including phenoxy) is 2. The molecule has 5 nitrogen and oxygen atoms in total. The van der Waals surface area contributed by atoms with Gasteiger partial charge < -0.3 is 14.4 Å². The van der Waals surface area contributed by atoms with E-state index in [1.54, 1.807) is 24.1 Å². The van der Waals surface area contributed by atoms with Crippen LogP contribution in [0.4, 0.5) is 8.78 Å². The summed E-state index contributed by atoms with van der Waals surface area (Å²) in [6.45, 7) is 6.41. The zero-order chi connectivity index (χ0) is 23.4. The molecule has 1 aliphatic rings. The zero-order valence-electron chi connectivity index (χ0n) is 17.6. The van der Waals surface area contributed by atoms with E-state index in [0.717, 1.165) is 17.7 Å². The Labute approximate surface area is 189 Å². The second-order valence-corrected chi connectivity index (χ2v) is 7.15. The molecule has 166 valence electrons. The van der Waals surface area contributed by atoms with Crippen LogP contribution >= 0.6 is 11.6 Å². The molecule has 8 heteroatoms. The molecule has 0 spiro atoms. The van der Waals surface area contributed by atoms with Crippen molar-refractivity contribution in [1.82, 2.24) is 9.88 Å². The third kappa shape index (κ3) is 4.29. The predicted octanol–water partition coefficient (Wildman–Crippen LogP) is 5.66. The molecule has 0 saturated heterocycles. The molecule has 32 heavy (non-hydrogen) atoms. The SMILES string of the molecule is C=C.COc1ccc(CN2Cc3nc(-c4c(F)cccc4F)cc(Cl)c3C2=O)c(OC)c1. The van der Waals surface area contributed by atoms with Gasteiger partial charge in [0, 0.05) is 11.6 Å². The molecule has 0 unspecified atom stereocenters. The number of amides is 1. The molecule has 0 fully saturated rings. The number of hydrogen-bond acceptors (Lipinski definition) is 4. The number of halogens is 3. The Bertz CT molecular complexity index is 1150. The van der Waals surface area contributed by atoms with Crippen LogP contribution in [-0.2, 0) is 13.1 Å². The zero-order valence-corrected chi connectivity index (χ0v) is 18.4. The third-order valence-corrected chi connectivity index (χ3v) is 5.26. The summed E-state index contributed by atoms with van der Waals surface area (Å²) in [5.74, 6) is -0.592. The first-order chi connectivity index (χ1) is 15.4. The number of fused-ring (bicyclic) bond motifs is 1. The number of hydrogen-bond donors (Lipinski definition) is 0. The maximum Gasteiger partial charge on any atom is 0.257 e. The van der Waals surface area contributed by atoms with Gasteiger partial charge in [0.05, 0.1) is 54.8 Å². The average molecular weight is 459 g/mol. The topological polar surface area (TPSA) is 51.7 Å². The Morgan fingerprint density at radius 1 is 1.06 bits per heavy atom. The van der Waals surface area contributed by atoms with Crippen molar-refractivity contribution >= 4 is 17.5 Å². The van der Waals surface area contributed by atoms with Gasteiger partial charge >= 0.3 is 0 Å². The number of aromatic nitrogens is 1. The average Bonchev–Trinajstić information content (AvgIpc) is 3.10. The number of benzene rings is 2. The number of methoxy groups -OCH3 is 2. The van der Waals surface area contributed by atoms with Crippen LogP contribution < -0.4 is 9.47 Å². The molecule has 1 amide bonds. The van der Waals surface area contributed by atoms with Crippen LogP contribution in [0.25, 0.3) is 11.3 Å². The van der Waals surface area contributed by atoms with E-state index < -0.39 is 11.6 Å². The summed E-state index contributed by atoms with van der Waals surface area (Å²) in [5, 5.41) is 0.104. The Morgan fingerprint density at radius 3 is 2.38 bits per heavy atom. The fourth-order valence-electron chi connectivity index (χ4n) is 3.50. The molecular formula is C24H21ClF2N2O3. The number of rotatable bonds is 5. The molecule has 4 rings (SSSR count). The molecule has 0 saturated carbocycles. The molecule has 2 aromatic carbocycles. The molecular weight excluding hydrogens is 438 g/mol. The van der Waals surface area contributed by atoms with Crippen molar-refractivity contribution < 1.29 is 23.0 Å². The van der Waals surface area contributed by atoms with Crippen molar-refractivity contribution in [1.29, 1.82) is 0 Å². The standard InChI is InChI=1S/C22H17ClF2N2O3.C2H4/c1-29-13-7-6-12(19(8-13)30-2)10-27-11-18-20(22(27)28)14(23)9-17(26-18)21-15(24)4-3-5-16(21)25;1-2/h3-9H,10-11H2,1-2H3;1-2H2. The van der Waals surface area contributed by atoms with Gasteiger partial charge in [0.25, 0.3) is 5.91 Å². The van der Waals surface area contributed by atoms with Crippen molar-refractivity contribution in [2.75, 3.05) is 14.2 Å². The Hall–Kier alpha value is -3.45. The lowest BCUT2D eigenvalue weighted by Gasteiger charge is -2.18. The quantitative estimate of drug-likeness (QED) is 0.463. The fourth-order valence-corrected chi connectivity index (χ4v) is 3.79. The highest BCUT2D eigenvalue weighted by molar-refractivity contribution is 6.34. The lowest BCUT2D eigenvalue weighted by Crippen LogP contribution is -2.23. The second-order valence-electron chi connectivity index (χ2n) is 6.75. The van der Waals surface area contributed by atoms with Crippen LogP contribution in [0.1, 0.15) is 21.6 Å². The first-order valence-electron chi connectivity index (χ1n) is 9.57. The van der Waals surface area contributed by atoms with Gasteiger partial charge in [-0.15, -0.1) is 13.2 Å². The van der Waals surface area contributed by atoms with Crippen molar-refractivity contribution in [3.05, 3.63) is 89.1 Å². The van der Waals surface area contributed by atoms with Crippen molar-refractivity contribution in [3.63, 3.8) is 0 Å². The minimum Gasteiger partial charge on any atom is -0.497 e. The Morgan fingerprint density at radius 2 is 1.75 bits per heavy atom. The first-order valence-corrected chi connectivity index (χ1v) is 9.94. The predicted molar refractivity (Wildman–Crippen MR) is 119 cm³/mol. The molecule has 0 atom stereocenters. The van der Waals surface area contributed by atoms with E-state index in [4.69, 9.17) is 21.1 Å². The fraction of sp³-hybridized carbons (Fsp3) is 0.167. The molecule has 0 N–H and O–H groups in total. The summed E-state index contributed by atoms with van der Waals surface area (Å²) >= 11 is 6.32. The molecule has 2 heterocycles. The lowest BCUT2D eigenvalue weighted by molar-refractivity contribution is 0.0765. The smallest absolute Gasteiger partial charge is 0.257 e. The van der Waals surface area contributed by atoms with Crippen LogP contribution in [0.3, 0.4) is 0 Å². The molecule has 0 bridgehead atoms. The molecule has 1 aromatic heterocycles. The summed E-state index contributed by atoms with van der Waals surface area (Å²) in [7, 11) is 3.09. The Balaban J connectivity index is 0.00000141. The van der Waals surface area contributed by atoms with Crippen LogP contribution in [0, 0.1) is 11.6 Å². The first kappa shape index (κ1) is 23.2. The Kier molecular flexibility index (Phi) is 7.10. The van der Waals surface area contributed by atoms with Gasteiger partial charge in [0.1, 0.15) is 23.1 Å². The van der Waals surface area contributed by atoms with Gasteiger partial charge in [-0.1, -0.05) is 17.7 Å². The summed E-state index contributed by atoms with van der Waals surface area (Å²) in [5.41, 5.74) is 1.16. The van der Waals surface area contributed by atoms with E-state index in [2.05, 4.69) is 18.1 Å². The number of nitrogens with zero attached hydrogens (tertiary/aromatic N) is 2. The van der Waals surface area contributed by atoms with E-state index in [1.165, 1.54) is 19.2 Å². The van der Waals surface area contributed by atoms with Gasteiger partial charge in [-0.05, 0) is 30.3 Å². The van der Waals surface area contributed by atoms with E-state index in [0.29, 0.717) is 17.2 Å². The molecule has 0 radical (unpaired) electrons. The maximum absolute atomic E-state index is 14.2. The van der Waals surface area contributed by atoms with Gasteiger partial charge in [0.15, 0.2) is 0 Å². The van der Waals surface area contributed by atoms with Crippen LogP contribution in [0.5, 0.6) is 11.5 Å². The van der Waals surface area contributed by atoms with Crippen molar-refractivity contribution in [3.8, 4) is 22.8 Å². The van der Waals surface area contributed by atoms with Gasteiger partial charge in [0.2, 0.25) is 0 Å². The van der Waals surface area contributed by atoms with E-state index in [9.17, 15) is 13.6 Å². The monoisotopic (exact) mass is 458 g/mol. The van der Waals surface area contributed by atoms with Gasteiger partial charge in [-0.2, -0.15) is 0 Å². The molecule has 0 aliphatic carbocycles. The highest BCUT2D eigenvalue weighted by Gasteiger charge is 2.33. The third-order valence-electron chi connectivity index (χ3n) is 4.96. The number of carbonyl (C=O) groups excluding carboxylic acids is 1. The summed E-state index contributed by atoms with van der Waals surface area (Å²) in [6.07, 6.45) is 0. The lowest BCUT2D eigenvalue weighted by atomic mass is 10.1. The summed E-state index contributed by atoms with van der Waals surface area (Å²) in [4.78, 5) is 18.8. The van der Waals surface area contributed by atoms with Gasteiger partial charge in [-0.3, -0.25) is 4.79 Å². The molecule has 3 aromatic rings. The van der Waals surface area contributed by atoms with E-state index in [1.807, 2.05) is 6.07 Å². The summed E-state index contributed by atoms with van der Waals surface area (Å²) in [6, 6.07) is 10.2. The largest absolute Gasteiger partial charge is 0.497 e. The normalized spacial score (nSPS) is 12.2. The van der Waals surface area contributed by atoms with Gasteiger partial charge in [-0.25, -0.2) is 13.8 Å².